The maximum atomic E-state index is 13.2. The Morgan fingerprint density at radius 1 is 1.41 bits per heavy atom. The zero-order valence-corrected chi connectivity index (χ0v) is 9.79. The third-order valence-corrected chi connectivity index (χ3v) is 3.09. The van der Waals surface area contributed by atoms with Crippen LogP contribution in [-0.2, 0) is 11.2 Å². The van der Waals surface area contributed by atoms with Gasteiger partial charge in [-0.2, -0.15) is 0 Å². The number of rotatable bonds is 3. The Kier molecular flexibility index (Phi) is 3.57. The first kappa shape index (κ1) is 11.8. The summed E-state index contributed by atoms with van der Waals surface area (Å²) in [5.41, 5.74) is 1.30. The Hall–Kier alpha value is -1.64. The summed E-state index contributed by atoms with van der Waals surface area (Å²) in [6, 6.07) is 4.75. The monoisotopic (exact) mass is 233 g/mol. The van der Waals surface area contributed by atoms with Crippen molar-refractivity contribution in [3.8, 4) is 0 Å². The van der Waals surface area contributed by atoms with Crippen molar-refractivity contribution in [1.82, 2.24) is 4.90 Å². The predicted octanol–water partition coefficient (Wildman–Crippen LogP) is 2.63. The molecule has 1 aliphatic rings. The quantitative estimate of drug-likeness (QED) is 0.786. The largest absolute Gasteiger partial charge is 0.342 e. The van der Waals surface area contributed by atoms with E-state index in [4.69, 9.17) is 0 Å². The highest BCUT2D eigenvalue weighted by Gasteiger charge is 2.18. The Morgan fingerprint density at radius 3 is 2.76 bits per heavy atom. The van der Waals surface area contributed by atoms with Gasteiger partial charge in [-0.3, -0.25) is 4.79 Å². The molecule has 90 valence electrons. The van der Waals surface area contributed by atoms with Crippen LogP contribution in [0.25, 0.3) is 6.08 Å². The van der Waals surface area contributed by atoms with Crippen molar-refractivity contribution in [3.05, 3.63) is 41.7 Å². The molecule has 3 heteroatoms. The Balaban J connectivity index is 2.07. The minimum Gasteiger partial charge on any atom is -0.342 e. The second-order valence-electron chi connectivity index (χ2n) is 4.32. The van der Waals surface area contributed by atoms with Crippen LogP contribution in [-0.4, -0.2) is 23.9 Å². The van der Waals surface area contributed by atoms with E-state index >= 15 is 0 Å². The fourth-order valence-corrected chi connectivity index (χ4v) is 2.11. The number of carbonyl (C=O) groups is 1. The van der Waals surface area contributed by atoms with Crippen molar-refractivity contribution in [2.75, 3.05) is 13.1 Å². The molecule has 0 radical (unpaired) electrons. The van der Waals surface area contributed by atoms with Crippen molar-refractivity contribution >= 4 is 12.0 Å². The van der Waals surface area contributed by atoms with Crippen molar-refractivity contribution in [2.24, 2.45) is 0 Å². The minimum absolute atomic E-state index is 0.129. The fourth-order valence-electron chi connectivity index (χ4n) is 2.11. The van der Waals surface area contributed by atoms with Gasteiger partial charge in [-0.15, -0.1) is 0 Å². The molecule has 0 saturated carbocycles. The molecule has 1 amide bonds. The Bertz CT molecular complexity index is 436. The summed E-state index contributed by atoms with van der Waals surface area (Å²) >= 11 is 0. The smallest absolute Gasteiger partial charge is 0.226 e. The number of hydrogen-bond acceptors (Lipinski definition) is 1. The molecule has 0 spiro atoms. The average molecular weight is 233 g/mol. The fraction of sp³-hybridized carbons (Fsp3) is 0.357. The van der Waals surface area contributed by atoms with Gasteiger partial charge in [0.25, 0.3) is 0 Å². The summed E-state index contributed by atoms with van der Waals surface area (Å²) in [7, 11) is 0. The molecule has 0 aliphatic carbocycles. The molecular formula is C14H16FNO. The second kappa shape index (κ2) is 5.13. The number of halogens is 1. The second-order valence-corrected chi connectivity index (χ2v) is 4.32. The molecule has 1 heterocycles. The highest BCUT2D eigenvalue weighted by molar-refractivity contribution is 5.79. The normalized spacial score (nSPS) is 15.0. The van der Waals surface area contributed by atoms with Gasteiger partial charge in [0.05, 0.1) is 6.42 Å². The molecule has 2 nitrogen and oxygen atoms in total. The lowest BCUT2D eigenvalue weighted by molar-refractivity contribution is -0.129. The van der Waals surface area contributed by atoms with E-state index in [2.05, 4.69) is 6.58 Å². The summed E-state index contributed by atoms with van der Waals surface area (Å²) in [4.78, 5) is 13.8. The van der Waals surface area contributed by atoms with Gasteiger partial charge in [0.1, 0.15) is 5.82 Å². The summed E-state index contributed by atoms with van der Waals surface area (Å²) in [6.45, 7) is 5.27. The summed E-state index contributed by atoms with van der Waals surface area (Å²) in [5, 5.41) is 0. The van der Waals surface area contributed by atoms with Crippen LogP contribution in [0, 0.1) is 5.82 Å². The van der Waals surface area contributed by atoms with E-state index in [0.29, 0.717) is 12.0 Å². The SMILES string of the molecule is C=Cc1cc(CC(=O)N2CCCC2)ccc1F. The molecular weight excluding hydrogens is 217 g/mol. The van der Waals surface area contributed by atoms with Crippen LogP contribution >= 0.6 is 0 Å². The van der Waals surface area contributed by atoms with E-state index in [1.807, 2.05) is 4.90 Å². The Labute approximate surface area is 101 Å². The molecule has 1 aromatic carbocycles. The van der Waals surface area contributed by atoms with Crippen LogP contribution in [0.1, 0.15) is 24.0 Å². The predicted molar refractivity (Wildman–Crippen MR) is 66.0 cm³/mol. The molecule has 0 unspecified atom stereocenters. The van der Waals surface area contributed by atoms with Gasteiger partial charge >= 0.3 is 0 Å². The van der Waals surface area contributed by atoms with E-state index in [-0.39, 0.29) is 11.7 Å². The number of benzene rings is 1. The van der Waals surface area contributed by atoms with Crippen molar-refractivity contribution in [2.45, 2.75) is 19.3 Å². The highest BCUT2D eigenvalue weighted by atomic mass is 19.1. The molecule has 0 bridgehead atoms. The van der Waals surface area contributed by atoms with E-state index in [0.717, 1.165) is 31.5 Å². The zero-order chi connectivity index (χ0) is 12.3. The molecule has 0 N–H and O–H groups in total. The van der Waals surface area contributed by atoms with E-state index < -0.39 is 0 Å². The molecule has 0 atom stereocenters. The molecule has 1 fully saturated rings. The molecule has 0 aromatic heterocycles. The van der Waals surface area contributed by atoms with Gasteiger partial charge in [0, 0.05) is 18.7 Å². The lowest BCUT2D eigenvalue weighted by Gasteiger charge is -2.15. The first-order chi connectivity index (χ1) is 8.20. The first-order valence-electron chi connectivity index (χ1n) is 5.89. The topological polar surface area (TPSA) is 20.3 Å². The van der Waals surface area contributed by atoms with Gasteiger partial charge in [0.2, 0.25) is 5.91 Å². The standard InChI is InChI=1S/C14H16FNO/c1-2-12-9-11(5-6-13(12)15)10-14(17)16-7-3-4-8-16/h2,5-6,9H,1,3-4,7-8,10H2. The molecule has 1 aromatic rings. The first-order valence-corrected chi connectivity index (χ1v) is 5.89. The third-order valence-electron chi connectivity index (χ3n) is 3.09. The number of amides is 1. The van der Waals surface area contributed by atoms with Crippen molar-refractivity contribution in [1.29, 1.82) is 0 Å². The zero-order valence-electron chi connectivity index (χ0n) is 9.79. The van der Waals surface area contributed by atoms with Crippen LogP contribution in [0.4, 0.5) is 4.39 Å². The van der Waals surface area contributed by atoms with Gasteiger partial charge < -0.3 is 4.90 Å². The van der Waals surface area contributed by atoms with E-state index in [9.17, 15) is 9.18 Å². The third kappa shape index (κ3) is 2.73. The molecule has 1 saturated heterocycles. The lowest BCUT2D eigenvalue weighted by atomic mass is 10.1. The van der Waals surface area contributed by atoms with Crippen LogP contribution in [0.15, 0.2) is 24.8 Å². The van der Waals surface area contributed by atoms with E-state index in [1.165, 1.54) is 12.1 Å². The Morgan fingerprint density at radius 2 is 2.12 bits per heavy atom. The number of nitrogens with zero attached hydrogens (tertiary/aromatic N) is 1. The van der Waals surface area contributed by atoms with Crippen LogP contribution in [0.2, 0.25) is 0 Å². The average Bonchev–Trinajstić information content (AvgIpc) is 2.85. The van der Waals surface area contributed by atoms with Gasteiger partial charge in [0.15, 0.2) is 0 Å². The van der Waals surface area contributed by atoms with Crippen molar-refractivity contribution in [3.63, 3.8) is 0 Å². The summed E-state index contributed by atoms with van der Waals surface area (Å²) < 4.78 is 13.2. The van der Waals surface area contributed by atoms with Crippen molar-refractivity contribution < 1.29 is 9.18 Å². The molecule has 17 heavy (non-hydrogen) atoms. The molecule has 2 rings (SSSR count). The number of likely N-dealkylation sites (tertiary alicyclic amines) is 1. The number of carbonyl (C=O) groups excluding carboxylic acids is 1. The van der Waals surface area contributed by atoms with Crippen LogP contribution in [0.5, 0.6) is 0 Å². The van der Waals surface area contributed by atoms with E-state index in [1.54, 1.807) is 12.1 Å². The van der Waals surface area contributed by atoms with Crippen LogP contribution in [0.3, 0.4) is 0 Å². The van der Waals surface area contributed by atoms with Crippen LogP contribution < -0.4 is 0 Å². The minimum atomic E-state index is -0.294. The maximum Gasteiger partial charge on any atom is 0.226 e. The van der Waals surface area contributed by atoms with Gasteiger partial charge in [-0.1, -0.05) is 18.7 Å². The molecule has 1 aliphatic heterocycles. The lowest BCUT2D eigenvalue weighted by Crippen LogP contribution is -2.29. The highest BCUT2D eigenvalue weighted by Crippen LogP contribution is 2.15. The number of hydrogen-bond donors (Lipinski definition) is 0. The maximum absolute atomic E-state index is 13.2. The summed E-state index contributed by atoms with van der Waals surface area (Å²) in [5.74, 6) is -0.165. The van der Waals surface area contributed by atoms with Gasteiger partial charge in [-0.25, -0.2) is 4.39 Å². The summed E-state index contributed by atoms with van der Waals surface area (Å²) in [6.07, 6.45) is 4.00. The van der Waals surface area contributed by atoms with Gasteiger partial charge in [-0.05, 0) is 30.5 Å².